The van der Waals surface area contributed by atoms with Gasteiger partial charge in [-0.15, -0.1) is 0 Å². The molecule has 0 saturated carbocycles. The molecule has 0 radical (unpaired) electrons. The first-order valence-corrected chi connectivity index (χ1v) is 11.2. The fourth-order valence-corrected chi connectivity index (χ4v) is 4.91. The van der Waals surface area contributed by atoms with Crippen molar-refractivity contribution in [1.29, 1.82) is 0 Å². The number of para-hydroxylation sites is 1. The smallest absolute Gasteiger partial charge is 0.250 e. The largest absolute Gasteiger partial charge is 0.493 e. The molecule has 1 atom stereocenters. The van der Waals surface area contributed by atoms with Crippen LogP contribution in [0.5, 0.6) is 11.5 Å². The summed E-state index contributed by atoms with van der Waals surface area (Å²) in [6.07, 6.45) is 2.84. The minimum absolute atomic E-state index is 0.266. The average Bonchev–Trinajstić information content (AvgIpc) is 2.71. The maximum absolute atomic E-state index is 13.4. The zero-order valence-corrected chi connectivity index (χ0v) is 17.9. The van der Waals surface area contributed by atoms with Gasteiger partial charge in [0.2, 0.25) is 10.0 Å². The SMILES string of the molecule is COc1ccc(N(C(C)C(=O)N2CCCc3ccccc32)S(C)(=O)=O)cc1OC. The number of sulfonamides is 1. The van der Waals surface area contributed by atoms with E-state index in [1.807, 2.05) is 24.3 Å². The van der Waals surface area contributed by atoms with Crippen molar-refractivity contribution in [1.82, 2.24) is 0 Å². The van der Waals surface area contributed by atoms with Gasteiger partial charge in [-0.2, -0.15) is 0 Å². The summed E-state index contributed by atoms with van der Waals surface area (Å²) in [4.78, 5) is 15.0. The minimum atomic E-state index is -3.73. The number of aryl methyl sites for hydroxylation is 1. The summed E-state index contributed by atoms with van der Waals surface area (Å²) in [7, 11) is -0.750. The lowest BCUT2D eigenvalue weighted by molar-refractivity contribution is -0.119. The summed E-state index contributed by atoms with van der Waals surface area (Å²) in [5.41, 5.74) is 2.28. The van der Waals surface area contributed by atoms with Gasteiger partial charge in [-0.3, -0.25) is 9.10 Å². The van der Waals surface area contributed by atoms with Gasteiger partial charge in [0, 0.05) is 18.3 Å². The Morgan fingerprint density at radius 2 is 1.79 bits per heavy atom. The number of ether oxygens (including phenoxy) is 2. The second kappa shape index (κ2) is 8.32. The molecular formula is C21H26N2O5S. The van der Waals surface area contributed by atoms with E-state index in [9.17, 15) is 13.2 Å². The van der Waals surface area contributed by atoms with Crippen LogP contribution >= 0.6 is 0 Å². The van der Waals surface area contributed by atoms with Crippen LogP contribution in [-0.4, -0.2) is 47.4 Å². The van der Waals surface area contributed by atoms with Crippen molar-refractivity contribution in [3.8, 4) is 11.5 Å². The zero-order valence-electron chi connectivity index (χ0n) is 17.1. The normalized spacial score (nSPS) is 14.7. The Hall–Kier alpha value is -2.74. The standard InChI is InChI=1S/C21H26N2O5S/c1-15(21(24)22-13-7-9-16-8-5-6-10-18(16)22)23(29(4,25)26)17-11-12-19(27-2)20(14-17)28-3/h5-6,8,10-12,14-15H,7,9,13H2,1-4H3. The van der Waals surface area contributed by atoms with Crippen LogP contribution < -0.4 is 18.7 Å². The number of amides is 1. The Morgan fingerprint density at radius 1 is 1.10 bits per heavy atom. The minimum Gasteiger partial charge on any atom is -0.493 e. The topological polar surface area (TPSA) is 76.2 Å². The van der Waals surface area contributed by atoms with Gasteiger partial charge in [-0.05, 0) is 43.5 Å². The summed E-state index contributed by atoms with van der Waals surface area (Å²) >= 11 is 0. The number of anilines is 2. The van der Waals surface area contributed by atoms with E-state index in [2.05, 4.69) is 0 Å². The van der Waals surface area contributed by atoms with Gasteiger partial charge in [0.1, 0.15) is 6.04 Å². The van der Waals surface area contributed by atoms with Crippen LogP contribution in [0.1, 0.15) is 18.9 Å². The second-order valence-electron chi connectivity index (χ2n) is 7.00. The lowest BCUT2D eigenvalue weighted by Crippen LogP contribution is -2.50. The average molecular weight is 419 g/mol. The van der Waals surface area contributed by atoms with Crippen LogP contribution in [0.2, 0.25) is 0 Å². The Balaban J connectivity index is 2.00. The fourth-order valence-electron chi connectivity index (χ4n) is 3.75. The summed E-state index contributed by atoms with van der Waals surface area (Å²) in [6, 6.07) is 11.6. The highest BCUT2D eigenvalue weighted by Gasteiger charge is 2.34. The van der Waals surface area contributed by atoms with Crippen molar-refractivity contribution >= 4 is 27.3 Å². The first-order chi connectivity index (χ1) is 13.8. The lowest BCUT2D eigenvalue weighted by atomic mass is 10.0. The summed E-state index contributed by atoms with van der Waals surface area (Å²) in [6.45, 7) is 2.17. The predicted octanol–water partition coefficient (Wildman–Crippen LogP) is 2.84. The molecule has 0 saturated heterocycles. The predicted molar refractivity (Wildman–Crippen MR) is 113 cm³/mol. The molecule has 7 nitrogen and oxygen atoms in total. The van der Waals surface area contributed by atoms with Crippen LogP contribution in [0.15, 0.2) is 42.5 Å². The molecule has 0 aliphatic carbocycles. The highest BCUT2D eigenvalue weighted by Crippen LogP contribution is 2.34. The molecule has 3 rings (SSSR count). The van der Waals surface area contributed by atoms with Crippen LogP contribution in [0, 0.1) is 0 Å². The van der Waals surface area contributed by atoms with Crippen LogP contribution in [0.4, 0.5) is 11.4 Å². The van der Waals surface area contributed by atoms with Crippen LogP contribution in [0.25, 0.3) is 0 Å². The van der Waals surface area contributed by atoms with Gasteiger partial charge in [-0.1, -0.05) is 18.2 Å². The van der Waals surface area contributed by atoms with Gasteiger partial charge >= 0.3 is 0 Å². The first-order valence-electron chi connectivity index (χ1n) is 9.38. The maximum Gasteiger partial charge on any atom is 0.250 e. The third-order valence-corrected chi connectivity index (χ3v) is 6.31. The molecule has 0 bridgehead atoms. The molecule has 1 aliphatic rings. The number of carbonyl (C=O) groups excluding carboxylic acids is 1. The number of benzene rings is 2. The molecule has 1 heterocycles. The Bertz CT molecular complexity index is 1010. The van der Waals surface area contributed by atoms with E-state index in [0.29, 0.717) is 23.7 Å². The summed E-state index contributed by atoms with van der Waals surface area (Å²) < 4.78 is 37.0. The third kappa shape index (κ3) is 4.17. The van der Waals surface area contributed by atoms with E-state index in [0.717, 1.165) is 34.7 Å². The van der Waals surface area contributed by atoms with Crippen molar-refractivity contribution in [2.75, 3.05) is 36.2 Å². The van der Waals surface area contributed by atoms with Crippen molar-refractivity contribution in [2.45, 2.75) is 25.8 Å². The van der Waals surface area contributed by atoms with Gasteiger partial charge < -0.3 is 14.4 Å². The van der Waals surface area contributed by atoms with E-state index in [4.69, 9.17) is 9.47 Å². The van der Waals surface area contributed by atoms with Crippen molar-refractivity contribution < 1.29 is 22.7 Å². The summed E-state index contributed by atoms with van der Waals surface area (Å²) in [5, 5.41) is 0. The second-order valence-corrected chi connectivity index (χ2v) is 8.86. The molecule has 2 aromatic carbocycles. The number of methoxy groups -OCH3 is 2. The van der Waals surface area contributed by atoms with E-state index < -0.39 is 16.1 Å². The molecule has 0 aromatic heterocycles. The molecule has 0 N–H and O–H groups in total. The van der Waals surface area contributed by atoms with E-state index in [1.54, 1.807) is 30.0 Å². The van der Waals surface area contributed by atoms with Crippen molar-refractivity contribution in [2.24, 2.45) is 0 Å². The molecule has 2 aromatic rings. The molecule has 8 heteroatoms. The van der Waals surface area contributed by atoms with Crippen molar-refractivity contribution in [3.63, 3.8) is 0 Å². The number of hydrogen-bond acceptors (Lipinski definition) is 5. The molecule has 156 valence electrons. The Kier molecular flexibility index (Phi) is 6.02. The molecule has 1 amide bonds. The first kappa shape index (κ1) is 21.0. The number of fused-ring (bicyclic) bond motifs is 1. The Labute approximate surface area is 171 Å². The van der Waals surface area contributed by atoms with Crippen LogP contribution in [0.3, 0.4) is 0 Å². The lowest BCUT2D eigenvalue weighted by Gasteiger charge is -2.35. The molecular weight excluding hydrogens is 392 g/mol. The summed E-state index contributed by atoms with van der Waals surface area (Å²) in [5.74, 6) is 0.604. The van der Waals surface area contributed by atoms with E-state index in [-0.39, 0.29) is 5.91 Å². The molecule has 1 aliphatic heterocycles. The van der Waals surface area contributed by atoms with Gasteiger partial charge in [-0.25, -0.2) is 8.42 Å². The number of nitrogens with zero attached hydrogens (tertiary/aromatic N) is 2. The molecule has 29 heavy (non-hydrogen) atoms. The van der Waals surface area contributed by atoms with Gasteiger partial charge in [0.25, 0.3) is 5.91 Å². The zero-order chi connectivity index (χ0) is 21.2. The van der Waals surface area contributed by atoms with Gasteiger partial charge in [0.05, 0.1) is 26.2 Å². The molecule has 0 spiro atoms. The molecule has 1 unspecified atom stereocenters. The van der Waals surface area contributed by atoms with E-state index >= 15 is 0 Å². The Morgan fingerprint density at radius 3 is 2.45 bits per heavy atom. The van der Waals surface area contributed by atoms with E-state index in [1.165, 1.54) is 14.2 Å². The highest BCUT2D eigenvalue weighted by atomic mass is 32.2. The monoisotopic (exact) mass is 418 g/mol. The number of rotatable bonds is 6. The number of hydrogen-bond donors (Lipinski definition) is 0. The highest BCUT2D eigenvalue weighted by molar-refractivity contribution is 7.92. The molecule has 0 fully saturated rings. The third-order valence-electron chi connectivity index (χ3n) is 5.06. The maximum atomic E-state index is 13.4. The van der Waals surface area contributed by atoms with Gasteiger partial charge in [0.15, 0.2) is 11.5 Å². The van der Waals surface area contributed by atoms with Crippen molar-refractivity contribution in [3.05, 3.63) is 48.0 Å². The van der Waals surface area contributed by atoms with Crippen LogP contribution in [-0.2, 0) is 21.2 Å². The quantitative estimate of drug-likeness (QED) is 0.721. The number of carbonyl (C=O) groups is 1. The fraction of sp³-hybridized carbons (Fsp3) is 0.381.